The summed E-state index contributed by atoms with van der Waals surface area (Å²) >= 11 is 0. The van der Waals surface area contributed by atoms with Gasteiger partial charge in [0.25, 0.3) is 0 Å². The van der Waals surface area contributed by atoms with Gasteiger partial charge in [-0.25, -0.2) is 0 Å². The third-order valence-corrected chi connectivity index (χ3v) is 6.99. The van der Waals surface area contributed by atoms with Crippen molar-refractivity contribution in [3.05, 3.63) is 101 Å². The first-order valence-electron chi connectivity index (χ1n) is 11.6. The van der Waals surface area contributed by atoms with E-state index in [1.165, 1.54) is 54.4 Å². The molecule has 0 aromatic heterocycles. The summed E-state index contributed by atoms with van der Waals surface area (Å²) in [5.41, 5.74) is 5.69. The molecule has 1 saturated carbocycles. The molecule has 0 radical (unpaired) electrons. The van der Waals surface area contributed by atoms with Crippen molar-refractivity contribution in [3.63, 3.8) is 0 Å². The molecule has 0 aliphatic heterocycles. The molecule has 0 amide bonds. The highest BCUT2D eigenvalue weighted by molar-refractivity contribution is 5.29. The molecule has 1 aliphatic carbocycles. The molecule has 3 aromatic carbocycles. The number of rotatable bonds is 7. The number of hydrogen-bond acceptors (Lipinski definition) is 1. The van der Waals surface area contributed by atoms with Crippen LogP contribution in [0.3, 0.4) is 0 Å². The number of hydrogen-bond donors (Lipinski definition) is 1. The lowest BCUT2D eigenvalue weighted by atomic mass is 9.75. The summed E-state index contributed by atoms with van der Waals surface area (Å²) in [5, 5.41) is 9.41. The molecule has 1 nitrogen and oxygen atoms in total. The van der Waals surface area contributed by atoms with E-state index in [0.717, 1.165) is 24.7 Å². The van der Waals surface area contributed by atoms with E-state index in [9.17, 15) is 5.11 Å². The van der Waals surface area contributed by atoms with Gasteiger partial charge in [0.05, 0.1) is 0 Å². The first kappa shape index (κ1) is 20.7. The molecule has 156 valence electrons. The minimum atomic E-state index is 0.340. The third kappa shape index (κ3) is 5.53. The van der Waals surface area contributed by atoms with Crippen LogP contribution in [0.15, 0.2) is 78.9 Å². The molecule has 30 heavy (non-hydrogen) atoms. The molecule has 1 heteroatoms. The quantitative estimate of drug-likeness (QED) is 0.433. The predicted octanol–water partition coefficient (Wildman–Crippen LogP) is 7.65. The largest absolute Gasteiger partial charge is 0.508 e. The fraction of sp³-hybridized carbons (Fsp3) is 0.379. The summed E-state index contributed by atoms with van der Waals surface area (Å²) in [4.78, 5) is 0. The van der Waals surface area contributed by atoms with Crippen molar-refractivity contribution in [1.29, 1.82) is 0 Å². The van der Waals surface area contributed by atoms with E-state index in [0.29, 0.717) is 11.7 Å². The molecule has 0 bridgehead atoms. The highest BCUT2D eigenvalue weighted by Gasteiger charge is 2.24. The molecule has 4 rings (SSSR count). The molecule has 0 unspecified atom stereocenters. The Kier molecular flexibility index (Phi) is 6.89. The van der Waals surface area contributed by atoms with E-state index in [1.54, 1.807) is 12.1 Å². The molecular weight excluding hydrogens is 364 g/mol. The van der Waals surface area contributed by atoms with Gasteiger partial charge in [-0.1, -0.05) is 73.7 Å². The number of phenolic OH excluding ortho intramolecular Hbond substituents is 1. The van der Waals surface area contributed by atoms with Crippen molar-refractivity contribution in [1.82, 2.24) is 0 Å². The van der Waals surface area contributed by atoms with Gasteiger partial charge in [-0.3, -0.25) is 0 Å². The van der Waals surface area contributed by atoms with E-state index in [2.05, 4.69) is 61.5 Å². The molecule has 3 aromatic rings. The van der Waals surface area contributed by atoms with Gasteiger partial charge in [-0.05, 0) is 97.1 Å². The maximum Gasteiger partial charge on any atom is 0.115 e. The fourth-order valence-corrected chi connectivity index (χ4v) is 5.06. The van der Waals surface area contributed by atoms with Crippen molar-refractivity contribution in [3.8, 4) is 5.75 Å². The zero-order valence-electron chi connectivity index (χ0n) is 18.1. The summed E-state index contributed by atoms with van der Waals surface area (Å²) in [6.45, 7) is 2.39. The molecule has 1 aliphatic rings. The normalized spacial score (nSPS) is 20.0. The third-order valence-electron chi connectivity index (χ3n) is 6.99. The van der Waals surface area contributed by atoms with Gasteiger partial charge in [0, 0.05) is 0 Å². The lowest BCUT2D eigenvalue weighted by molar-refractivity contribution is 0.297. The lowest BCUT2D eigenvalue weighted by Crippen LogP contribution is -2.15. The molecule has 1 N–H and O–H groups in total. The van der Waals surface area contributed by atoms with Crippen molar-refractivity contribution in [2.45, 2.75) is 63.7 Å². The molecule has 0 spiro atoms. The number of phenols is 1. The summed E-state index contributed by atoms with van der Waals surface area (Å²) < 4.78 is 0. The second-order valence-electron chi connectivity index (χ2n) is 9.17. The Labute approximate surface area is 181 Å². The first-order chi connectivity index (χ1) is 14.7. The maximum absolute atomic E-state index is 9.41. The topological polar surface area (TPSA) is 20.2 Å². The zero-order chi connectivity index (χ0) is 20.8. The van der Waals surface area contributed by atoms with Crippen LogP contribution in [-0.4, -0.2) is 5.11 Å². The van der Waals surface area contributed by atoms with Gasteiger partial charge in [0.1, 0.15) is 5.75 Å². The standard InChI is InChI=1S/C29H34O/c1-22(26-5-3-2-4-6-26)21-25-11-17-28(18-12-25)27-15-9-23(10-16-27)7-8-24-13-19-29(30)20-14-24/h2-6,9-10,13-16,19-20,22,25,28,30H,7-8,11-12,17-18,21H2,1H3/t22-,25?,28?/m1/s1. The number of aromatic hydroxyl groups is 1. The first-order valence-corrected chi connectivity index (χ1v) is 11.6. The Hall–Kier alpha value is -2.54. The Morgan fingerprint density at radius 1 is 0.733 bits per heavy atom. The van der Waals surface area contributed by atoms with Crippen LogP contribution in [0, 0.1) is 5.92 Å². The van der Waals surface area contributed by atoms with Crippen molar-refractivity contribution < 1.29 is 5.11 Å². The molecule has 0 saturated heterocycles. The maximum atomic E-state index is 9.41. The molecule has 0 heterocycles. The second-order valence-corrected chi connectivity index (χ2v) is 9.17. The average molecular weight is 399 g/mol. The van der Waals surface area contributed by atoms with Gasteiger partial charge in [0.2, 0.25) is 0 Å². The minimum absolute atomic E-state index is 0.340. The van der Waals surface area contributed by atoms with Crippen LogP contribution in [0.1, 0.15) is 73.1 Å². The van der Waals surface area contributed by atoms with E-state index < -0.39 is 0 Å². The SMILES string of the molecule is C[C@H](CC1CCC(c2ccc(CCc3ccc(O)cc3)cc2)CC1)c1ccccc1. The summed E-state index contributed by atoms with van der Waals surface area (Å²) in [7, 11) is 0. The zero-order valence-corrected chi connectivity index (χ0v) is 18.1. The van der Waals surface area contributed by atoms with Crippen LogP contribution < -0.4 is 0 Å². The lowest BCUT2D eigenvalue weighted by Gasteiger charge is -2.30. The van der Waals surface area contributed by atoms with Gasteiger partial charge in [-0.15, -0.1) is 0 Å². The average Bonchev–Trinajstić information content (AvgIpc) is 2.80. The van der Waals surface area contributed by atoms with Crippen LogP contribution in [0.5, 0.6) is 5.75 Å². The van der Waals surface area contributed by atoms with Crippen LogP contribution in [-0.2, 0) is 12.8 Å². The highest BCUT2D eigenvalue weighted by Crippen LogP contribution is 2.39. The summed E-state index contributed by atoms with van der Waals surface area (Å²) in [5.74, 6) is 2.62. The van der Waals surface area contributed by atoms with Gasteiger partial charge in [-0.2, -0.15) is 0 Å². The van der Waals surface area contributed by atoms with E-state index in [1.807, 2.05) is 12.1 Å². The number of aryl methyl sites for hydroxylation is 2. The van der Waals surface area contributed by atoms with E-state index in [-0.39, 0.29) is 0 Å². The van der Waals surface area contributed by atoms with Gasteiger partial charge < -0.3 is 5.11 Å². The minimum Gasteiger partial charge on any atom is -0.508 e. The molecular formula is C29H34O. The van der Waals surface area contributed by atoms with E-state index in [4.69, 9.17) is 0 Å². The Morgan fingerprint density at radius 2 is 1.30 bits per heavy atom. The summed E-state index contributed by atoms with van der Waals surface area (Å²) in [6.07, 6.45) is 8.79. The fourth-order valence-electron chi connectivity index (χ4n) is 5.06. The second kappa shape index (κ2) is 9.98. The molecule has 1 atom stereocenters. The Morgan fingerprint density at radius 3 is 1.90 bits per heavy atom. The van der Waals surface area contributed by atoms with Crippen LogP contribution in [0.2, 0.25) is 0 Å². The molecule has 1 fully saturated rings. The Balaban J connectivity index is 1.25. The van der Waals surface area contributed by atoms with Gasteiger partial charge in [0.15, 0.2) is 0 Å². The van der Waals surface area contributed by atoms with Crippen LogP contribution >= 0.6 is 0 Å². The highest BCUT2D eigenvalue weighted by atomic mass is 16.3. The Bertz CT molecular complexity index is 887. The van der Waals surface area contributed by atoms with Crippen molar-refractivity contribution in [2.24, 2.45) is 5.92 Å². The summed E-state index contributed by atoms with van der Waals surface area (Å²) in [6, 6.07) is 27.9. The monoisotopic (exact) mass is 398 g/mol. The van der Waals surface area contributed by atoms with Crippen molar-refractivity contribution >= 4 is 0 Å². The van der Waals surface area contributed by atoms with Crippen molar-refractivity contribution in [2.75, 3.05) is 0 Å². The number of benzene rings is 3. The van der Waals surface area contributed by atoms with E-state index >= 15 is 0 Å². The predicted molar refractivity (Wildman–Crippen MR) is 126 cm³/mol. The van der Waals surface area contributed by atoms with Crippen LogP contribution in [0.25, 0.3) is 0 Å². The van der Waals surface area contributed by atoms with Gasteiger partial charge >= 0.3 is 0 Å². The van der Waals surface area contributed by atoms with Crippen LogP contribution in [0.4, 0.5) is 0 Å². The smallest absolute Gasteiger partial charge is 0.115 e.